The smallest absolute Gasteiger partial charge is 0.213 e. The van der Waals surface area contributed by atoms with Gasteiger partial charge in [0.1, 0.15) is 16.8 Å². The van der Waals surface area contributed by atoms with Crippen LogP contribution < -0.4 is 10.0 Å². The zero-order valence-electron chi connectivity index (χ0n) is 12.0. The van der Waals surface area contributed by atoms with E-state index in [1.54, 1.807) is 13.8 Å². The van der Waals surface area contributed by atoms with Crippen LogP contribution in [0.5, 0.6) is 0 Å². The summed E-state index contributed by atoms with van der Waals surface area (Å²) in [5, 5.41) is 3.42. The summed E-state index contributed by atoms with van der Waals surface area (Å²) >= 11 is 6.05. The van der Waals surface area contributed by atoms with E-state index >= 15 is 0 Å². The molecule has 1 aromatic heterocycles. The van der Waals surface area contributed by atoms with E-state index in [4.69, 9.17) is 11.6 Å². The molecule has 0 aromatic carbocycles. The Hall–Kier alpha value is -0.920. The molecule has 0 saturated carbocycles. The van der Waals surface area contributed by atoms with E-state index in [1.165, 1.54) is 0 Å². The summed E-state index contributed by atoms with van der Waals surface area (Å²) in [5.41, 5.74) is 0.729. The first-order valence-corrected chi connectivity index (χ1v) is 8.66. The molecule has 6 nitrogen and oxygen atoms in total. The molecule has 0 unspecified atom stereocenters. The van der Waals surface area contributed by atoms with Crippen LogP contribution in [0.4, 0.5) is 5.82 Å². The van der Waals surface area contributed by atoms with Crippen LogP contribution in [0.1, 0.15) is 31.7 Å². The van der Waals surface area contributed by atoms with E-state index in [2.05, 4.69) is 20.0 Å². The maximum atomic E-state index is 11.5. The molecule has 1 rings (SSSR count). The first-order valence-electron chi connectivity index (χ1n) is 6.63. The van der Waals surface area contributed by atoms with E-state index in [9.17, 15) is 8.42 Å². The van der Waals surface area contributed by atoms with E-state index in [1.807, 2.05) is 6.92 Å². The molecule has 0 amide bonds. The van der Waals surface area contributed by atoms with Crippen molar-refractivity contribution < 1.29 is 8.42 Å². The van der Waals surface area contributed by atoms with E-state index < -0.39 is 10.0 Å². The van der Waals surface area contributed by atoms with Crippen LogP contribution in [0.15, 0.2) is 0 Å². The normalized spacial score (nSPS) is 11.6. The Morgan fingerprint density at radius 3 is 2.55 bits per heavy atom. The van der Waals surface area contributed by atoms with Crippen molar-refractivity contribution in [2.24, 2.45) is 0 Å². The second kappa shape index (κ2) is 7.75. The van der Waals surface area contributed by atoms with Crippen molar-refractivity contribution in [1.82, 2.24) is 14.7 Å². The molecule has 0 aliphatic carbocycles. The molecular weight excluding hydrogens is 300 g/mol. The van der Waals surface area contributed by atoms with Crippen LogP contribution in [0.25, 0.3) is 0 Å². The standard InChI is InChI=1S/C12H21ClN4O2S/c1-4-6-10-16-11(13)9(3)12(17-10)14-7-8-20(18,19)15-5-2/h15H,4-8H2,1-3H3,(H,14,16,17). The van der Waals surface area contributed by atoms with Crippen molar-refractivity contribution in [3.05, 3.63) is 16.5 Å². The first-order chi connectivity index (χ1) is 9.39. The Kier molecular flexibility index (Phi) is 6.64. The third-order valence-electron chi connectivity index (χ3n) is 2.63. The molecule has 0 aliphatic heterocycles. The Bertz CT molecular complexity index is 549. The van der Waals surface area contributed by atoms with E-state index in [-0.39, 0.29) is 12.3 Å². The molecule has 1 aromatic rings. The van der Waals surface area contributed by atoms with Crippen LogP contribution in [-0.4, -0.2) is 37.2 Å². The Morgan fingerprint density at radius 2 is 1.95 bits per heavy atom. The lowest BCUT2D eigenvalue weighted by molar-refractivity contribution is 0.584. The van der Waals surface area contributed by atoms with Crippen LogP contribution >= 0.6 is 11.6 Å². The molecule has 0 aliphatic rings. The Balaban J connectivity index is 2.72. The summed E-state index contributed by atoms with van der Waals surface area (Å²) < 4.78 is 25.5. The minimum atomic E-state index is -3.23. The minimum Gasteiger partial charge on any atom is -0.369 e. The molecule has 114 valence electrons. The number of aromatic nitrogens is 2. The van der Waals surface area contributed by atoms with Crippen molar-refractivity contribution in [1.29, 1.82) is 0 Å². The lowest BCUT2D eigenvalue weighted by Gasteiger charge is -2.11. The van der Waals surface area contributed by atoms with Crippen LogP contribution in [0.2, 0.25) is 5.15 Å². The molecule has 20 heavy (non-hydrogen) atoms. The highest BCUT2D eigenvalue weighted by atomic mass is 35.5. The summed E-state index contributed by atoms with van der Waals surface area (Å²) in [4.78, 5) is 8.56. The predicted molar refractivity (Wildman–Crippen MR) is 81.7 cm³/mol. The van der Waals surface area contributed by atoms with E-state index in [0.717, 1.165) is 18.4 Å². The topological polar surface area (TPSA) is 84.0 Å². The summed E-state index contributed by atoms with van der Waals surface area (Å²) in [7, 11) is -3.23. The van der Waals surface area contributed by atoms with Gasteiger partial charge in [-0.2, -0.15) is 0 Å². The SMILES string of the molecule is CCCc1nc(Cl)c(C)c(NCCS(=O)(=O)NCC)n1. The van der Waals surface area contributed by atoms with Crippen molar-refractivity contribution >= 4 is 27.4 Å². The van der Waals surface area contributed by atoms with Gasteiger partial charge in [-0.05, 0) is 13.3 Å². The van der Waals surface area contributed by atoms with Crippen molar-refractivity contribution in [3.63, 3.8) is 0 Å². The molecule has 0 spiro atoms. The number of aryl methyl sites for hydroxylation is 1. The highest BCUT2D eigenvalue weighted by Gasteiger charge is 2.11. The molecule has 0 fully saturated rings. The molecule has 0 bridgehead atoms. The van der Waals surface area contributed by atoms with Crippen LogP contribution in [-0.2, 0) is 16.4 Å². The van der Waals surface area contributed by atoms with Gasteiger partial charge in [0.25, 0.3) is 0 Å². The third-order valence-corrected chi connectivity index (χ3v) is 4.47. The summed E-state index contributed by atoms with van der Waals surface area (Å²) in [6.07, 6.45) is 1.66. The average Bonchev–Trinajstić information content (AvgIpc) is 2.35. The fraction of sp³-hybridized carbons (Fsp3) is 0.667. The summed E-state index contributed by atoms with van der Waals surface area (Å²) in [5.74, 6) is 1.26. The molecule has 0 saturated heterocycles. The van der Waals surface area contributed by atoms with Gasteiger partial charge >= 0.3 is 0 Å². The lowest BCUT2D eigenvalue weighted by Crippen LogP contribution is -2.29. The number of sulfonamides is 1. The highest BCUT2D eigenvalue weighted by Crippen LogP contribution is 2.20. The number of rotatable bonds is 8. The number of nitrogens with one attached hydrogen (secondary N) is 2. The van der Waals surface area contributed by atoms with Gasteiger partial charge in [-0.15, -0.1) is 0 Å². The second-order valence-electron chi connectivity index (χ2n) is 4.40. The zero-order valence-corrected chi connectivity index (χ0v) is 13.6. The second-order valence-corrected chi connectivity index (χ2v) is 6.68. The van der Waals surface area contributed by atoms with E-state index in [0.29, 0.717) is 23.3 Å². The van der Waals surface area contributed by atoms with Gasteiger partial charge in [-0.3, -0.25) is 0 Å². The van der Waals surface area contributed by atoms with Crippen LogP contribution in [0.3, 0.4) is 0 Å². The zero-order chi connectivity index (χ0) is 15.2. The van der Waals surface area contributed by atoms with Crippen molar-refractivity contribution in [3.8, 4) is 0 Å². The third kappa shape index (κ3) is 5.22. The predicted octanol–water partition coefficient (Wildman–Crippen LogP) is 1.74. The monoisotopic (exact) mass is 320 g/mol. The lowest BCUT2D eigenvalue weighted by atomic mass is 10.3. The minimum absolute atomic E-state index is 0.00892. The average molecular weight is 321 g/mol. The molecule has 0 radical (unpaired) electrons. The summed E-state index contributed by atoms with van der Waals surface area (Å²) in [6, 6.07) is 0. The van der Waals surface area contributed by atoms with Crippen molar-refractivity contribution in [2.45, 2.75) is 33.6 Å². The molecular formula is C12H21ClN4O2S. The maximum Gasteiger partial charge on any atom is 0.213 e. The maximum absolute atomic E-state index is 11.5. The highest BCUT2D eigenvalue weighted by molar-refractivity contribution is 7.89. The van der Waals surface area contributed by atoms with Gasteiger partial charge in [0, 0.05) is 25.1 Å². The largest absolute Gasteiger partial charge is 0.369 e. The van der Waals surface area contributed by atoms with Crippen molar-refractivity contribution in [2.75, 3.05) is 24.2 Å². The van der Waals surface area contributed by atoms with Crippen LogP contribution in [0, 0.1) is 6.92 Å². The Morgan fingerprint density at radius 1 is 1.25 bits per heavy atom. The number of anilines is 1. The summed E-state index contributed by atoms with van der Waals surface area (Å²) in [6.45, 7) is 6.25. The quantitative estimate of drug-likeness (QED) is 0.713. The number of hydrogen-bond donors (Lipinski definition) is 2. The van der Waals surface area contributed by atoms with Gasteiger partial charge in [0.05, 0.1) is 5.75 Å². The molecule has 1 heterocycles. The number of nitrogens with zero attached hydrogens (tertiary/aromatic N) is 2. The fourth-order valence-corrected chi connectivity index (χ4v) is 2.78. The Labute approximate surface area is 125 Å². The van der Waals surface area contributed by atoms with Gasteiger partial charge in [0.15, 0.2) is 0 Å². The molecule has 8 heteroatoms. The van der Waals surface area contributed by atoms with Gasteiger partial charge in [-0.25, -0.2) is 23.1 Å². The molecule has 2 N–H and O–H groups in total. The molecule has 0 atom stereocenters. The van der Waals surface area contributed by atoms with Gasteiger partial charge in [0.2, 0.25) is 10.0 Å². The van der Waals surface area contributed by atoms with Gasteiger partial charge < -0.3 is 5.32 Å². The van der Waals surface area contributed by atoms with Gasteiger partial charge in [-0.1, -0.05) is 25.4 Å². The number of halogens is 1. The first kappa shape index (κ1) is 17.1. The fourth-order valence-electron chi connectivity index (χ4n) is 1.64. The number of hydrogen-bond acceptors (Lipinski definition) is 5.